The van der Waals surface area contributed by atoms with Crippen LogP contribution in [0.5, 0.6) is 0 Å². The lowest BCUT2D eigenvalue weighted by atomic mass is 10.1. The number of aryl methyl sites for hydroxylation is 1. The van der Waals surface area contributed by atoms with Crippen molar-refractivity contribution in [3.8, 4) is 0 Å². The third-order valence-corrected chi connectivity index (χ3v) is 4.80. The van der Waals surface area contributed by atoms with E-state index in [1.54, 1.807) is 12.1 Å². The normalized spacial score (nSPS) is 11.2. The van der Waals surface area contributed by atoms with Crippen LogP contribution < -0.4 is 4.72 Å². The highest BCUT2D eigenvalue weighted by Crippen LogP contribution is 2.23. The Morgan fingerprint density at radius 1 is 1.09 bits per heavy atom. The third-order valence-electron chi connectivity index (χ3n) is 3.42. The van der Waals surface area contributed by atoms with E-state index in [-0.39, 0.29) is 10.6 Å². The van der Waals surface area contributed by atoms with Gasteiger partial charge < -0.3 is 0 Å². The molecule has 2 aromatic carbocycles. The molecule has 0 radical (unpaired) electrons. The van der Waals surface area contributed by atoms with Crippen LogP contribution in [0.4, 0.5) is 11.4 Å². The lowest BCUT2D eigenvalue weighted by Gasteiger charge is -2.12. The van der Waals surface area contributed by atoms with Crippen molar-refractivity contribution in [1.82, 2.24) is 0 Å². The van der Waals surface area contributed by atoms with Gasteiger partial charge in [0.1, 0.15) is 0 Å². The molecule has 0 unspecified atom stereocenters. The van der Waals surface area contributed by atoms with Crippen molar-refractivity contribution in [2.45, 2.75) is 31.1 Å². The third kappa shape index (κ3) is 4.29. The summed E-state index contributed by atoms with van der Waals surface area (Å²) in [6, 6.07) is 12.1. The topological polar surface area (TPSA) is 89.3 Å². The molecule has 0 aliphatic carbocycles. The largest absolute Gasteiger partial charge is 0.279 e. The molecular weight excluding hydrogens is 316 g/mol. The Hall–Kier alpha value is -2.41. The average Bonchev–Trinajstić information content (AvgIpc) is 2.54. The van der Waals surface area contributed by atoms with Gasteiger partial charge in [-0.1, -0.05) is 31.5 Å². The van der Waals surface area contributed by atoms with Gasteiger partial charge in [0.05, 0.1) is 15.5 Å². The fourth-order valence-corrected chi connectivity index (χ4v) is 3.26. The molecule has 6 nitrogen and oxygen atoms in total. The van der Waals surface area contributed by atoms with E-state index in [1.165, 1.54) is 24.3 Å². The first-order valence-electron chi connectivity index (χ1n) is 7.29. The smallest absolute Gasteiger partial charge is 0.269 e. The van der Waals surface area contributed by atoms with E-state index in [0.29, 0.717) is 5.69 Å². The van der Waals surface area contributed by atoms with E-state index >= 15 is 0 Å². The van der Waals surface area contributed by atoms with Crippen LogP contribution in [0, 0.1) is 10.1 Å². The zero-order chi connectivity index (χ0) is 16.9. The van der Waals surface area contributed by atoms with Gasteiger partial charge in [-0.2, -0.15) is 0 Å². The van der Waals surface area contributed by atoms with Crippen molar-refractivity contribution < 1.29 is 13.3 Å². The van der Waals surface area contributed by atoms with Crippen LogP contribution in [0.15, 0.2) is 53.4 Å². The first-order valence-corrected chi connectivity index (χ1v) is 8.77. The number of hydrogen-bond donors (Lipinski definition) is 1. The molecule has 1 N–H and O–H groups in total. The van der Waals surface area contributed by atoms with Gasteiger partial charge in [0.15, 0.2) is 0 Å². The lowest BCUT2D eigenvalue weighted by Crippen LogP contribution is -2.14. The number of non-ortho nitro benzene ring substituents is 1. The van der Waals surface area contributed by atoms with Crippen LogP contribution in [-0.4, -0.2) is 13.3 Å². The van der Waals surface area contributed by atoms with Crippen molar-refractivity contribution in [2.24, 2.45) is 0 Å². The van der Waals surface area contributed by atoms with E-state index in [4.69, 9.17) is 0 Å². The Balaban J connectivity index is 2.26. The minimum absolute atomic E-state index is 0.00612. The summed E-state index contributed by atoms with van der Waals surface area (Å²) >= 11 is 0. The molecule has 0 amide bonds. The number of nitrogens with zero attached hydrogens (tertiary/aromatic N) is 1. The van der Waals surface area contributed by atoms with Crippen LogP contribution in [0.2, 0.25) is 0 Å². The number of sulfonamides is 1. The Morgan fingerprint density at radius 3 is 2.35 bits per heavy atom. The molecule has 0 aliphatic heterocycles. The second kappa shape index (κ2) is 7.23. The number of nitro benzene ring substituents is 1. The highest BCUT2D eigenvalue weighted by Gasteiger charge is 2.17. The van der Waals surface area contributed by atoms with Gasteiger partial charge in [-0.3, -0.25) is 14.8 Å². The predicted octanol–water partition coefficient (Wildman–Crippen LogP) is 3.74. The van der Waals surface area contributed by atoms with Gasteiger partial charge in [0.25, 0.3) is 15.7 Å². The first kappa shape index (κ1) is 17.0. The number of unbranched alkanes of at least 4 members (excludes halogenated alkanes) is 1. The van der Waals surface area contributed by atoms with Gasteiger partial charge in [0.2, 0.25) is 0 Å². The molecule has 2 aromatic rings. The maximum Gasteiger partial charge on any atom is 0.269 e. The lowest BCUT2D eigenvalue weighted by molar-refractivity contribution is -0.384. The highest BCUT2D eigenvalue weighted by molar-refractivity contribution is 7.92. The van der Waals surface area contributed by atoms with E-state index in [1.807, 2.05) is 12.1 Å². The summed E-state index contributed by atoms with van der Waals surface area (Å²) in [5.74, 6) is 0. The number of nitro groups is 1. The molecule has 0 spiro atoms. The number of benzene rings is 2. The molecule has 0 heterocycles. The summed E-state index contributed by atoms with van der Waals surface area (Å²) in [7, 11) is -3.78. The van der Waals surface area contributed by atoms with Crippen LogP contribution in [0.25, 0.3) is 0 Å². The SMILES string of the molecule is CCCCc1ccccc1NS(=O)(=O)c1ccc([N+](=O)[O-])cc1. The van der Waals surface area contributed by atoms with E-state index in [0.717, 1.165) is 24.8 Å². The molecule has 23 heavy (non-hydrogen) atoms. The zero-order valence-corrected chi connectivity index (χ0v) is 13.5. The number of nitrogens with one attached hydrogen (secondary N) is 1. The van der Waals surface area contributed by atoms with E-state index in [9.17, 15) is 18.5 Å². The van der Waals surface area contributed by atoms with Crippen molar-refractivity contribution >= 4 is 21.4 Å². The maximum atomic E-state index is 12.4. The summed E-state index contributed by atoms with van der Waals surface area (Å²) in [5.41, 5.74) is 1.33. The predicted molar refractivity (Wildman–Crippen MR) is 89.0 cm³/mol. The molecule has 0 aliphatic rings. The average molecular weight is 334 g/mol. The Bertz CT molecular complexity index is 786. The molecular formula is C16H18N2O4S. The van der Waals surface area contributed by atoms with Crippen LogP contribution in [0.1, 0.15) is 25.3 Å². The summed E-state index contributed by atoms with van der Waals surface area (Å²) in [6.07, 6.45) is 2.77. The fraction of sp³-hybridized carbons (Fsp3) is 0.250. The first-order chi connectivity index (χ1) is 10.9. The molecule has 0 saturated heterocycles. The Labute approximate surface area is 135 Å². The summed E-state index contributed by atoms with van der Waals surface area (Å²) in [4.78, 5) is 10.1. The molecule has 0 aromatic heterocycles. The highest BCUT2D eigenvalue weighted by atomic mass is 32.2. The monoisotopic (exact) mass is 334 g/mol. The van der Waals surface area contributed by atoms with Crippen molar-refractivity contribution in [3.05, 3.63) is 64.2 Å². The maximum absolute atomic E-state index is 12.4. The minimum atomic E-state index is -3.78. The van der Waals surface area contributed by atoms with E-state index in [2.05, 4.69) is 11.6 Å². The van der Waals surface area contributed by atoms with Gasteiger partial charge in [-0.05, 0) is 36.6 Å². The van der Waals surface area contributed by atoms with Gasteiger partial charge in [-0.25, -0.2) is 8.42 Å². The Morgan fingerprint density at radius 2 is 1.74 bits per heavy atom. The van der Waals surface area contributed by atoms with Gasteiger partial charge in [-0.15, -0.1) is 0 Å². The van der Waals surface area contributed by atoms with Crippen LogP contribution >= 0.6 is 0 Å². The number of anilines is 1. The van der Waals surface area contributed by atoms with Crippen LogP contribution in [0.3, 0.4) is 0 Å². The summed E-state index contributed by atoms with van der Waals surface area (Å²) in [6.45, 7) is 2.07. The van der Waals surface area contributed by atoms with Crippen LogP contribution in [-0.2, 0) is 16.4 Å². The fourth-order valence-electron chi connectivity index (χ4n) is 2.16. The van der Waals surface area contributed by atoms with Crippen molar-refractivity contribution in [3.63, 3.8) is 0 Å². The quantitative estimate of drug-likeness (QED) is 0.617. The van der Waals surface area contributed by atoms with Crippen molar-refractivity contribution in [1.29, 1.82) is 0 Å². The second-order valence-corrected chi connectivity index (χ2v) is 6.80. The summed E-state index contributed by atoms with van der Waals surface area (Å²) in [5, 5.41) is 10.6. The molecule has 122 valence electrons. The van der Waals surface area contributed by atoms with Gasteiger partial charge in [0, 0.05) is 12.1 Å². The van der Waals surface area contributed by atoms with Gasteiger partial charge >= 0.3 is 0 Å². The van der Waals surface area contributed by atoms with E-state index < -0.39 is 14.9 Å². The Kier molecular flexibility index (Phi) is 5.33. The summed E-state index contributed by atoms with van der Waals surface area (Å²) < 4.78 is 27.4. The zero-order valence-electron chi connectivity index (χ0n) is 12.7. The molecule has 0 saturated carbocycles. The standard InChI is InChI=1S/C16H18N2O4S/c1-2-3-6-13-7-4-5-8-16(13)17-23(21,22)15-11-9-14(10-12-15)18(19)20/h4-5,7-12,17H,2-3,6H2,1H3. The number of rotatable bonds is 7. The minimum Gasteiger partial charge on any atom is -0.279 e. The van der Waals surface area contributed by atoms with Crippen molar-refractivity contribution in [2.75, 3.05) is 4.72 Å². The molecule has 7 heteroatoms. The molecule has 2 rings (SSSR count). The number of hydrogen-bond acceptors (Lipinski definition) is 4. The number of para-hydroxylation sites is 1. The molecule has 0 fully saturated rings. The molecule has 0 bridgehead atoms. The second-order valence-electron chi connectivity index (χ2n) is 5.12. The molecule has 0 atom stereocenters.